The predicted octanol–water partition coefficient (Wildman–Crippen LogP) is 2.12. The van der Waals surface area contributed by atoms with Crippen LogP contribution in [0.2, 0.25) is 0 Å². The van der Waals surface area contributed by atoms with Crippen LogP contribution in [0.15, 0.2) is 18.2 Å². The SMILES string of the molecule is O=C(O)c1ccc(N2CCCC2)cc1F. The molecule has 1 fully saturated rings. The smallest absolute Gasteiger partial charge is 0.338 e. The van der Waals surface area contributed by atoms with Crippen molar-refractivity contribution in [1.29, 1.82) is 0 Å². The zero-order valence-corrected chi connectivity index (χ0v) is 8.24. The average Bonchev–Trinajstić information content (AvgIpc) is 2.69. The lowest BCUT2D eigenvalue weighted by Gasteiger charge is -2.17. The molecule has 0 spiro atoms. The standard InChI is InChI=1S/C11H12FNO2/c12-10-7-8(13-5-1-2-6-13)3-4-9(10)11(14)15/h3-4,7H,1-2,5-6H2,(H,14,15). The summed E-state index contributed by atoms with van der Waals surface area (Å²) in [6.45, 7) is 1.84. The Morgan fingerprint density at radius 2 is 2.00 bits per heavy atom. The van der Waals surface area contributed by atoms with E-state index < -0.39 is 11.8 Å². The average molecular weight is 209 g/mol. The summed E-state index contributed by atoms with van der Waals surface area (Å²) in [5.41, 5.74) is 0.507. The van der Waals surface area contributed by atoms with Crippen LogP contribution in [0.5, 0.6) is 0 Å². The number of carbonyl (C=O) groups is 1. The van der Waals surface area contributed by atoms with Crippen molar-refractivity contribution in [3.05, 3.63) is 29.6 Å². The van der Waals surface area contributed by atoms with Gasteiger partial charge >= 0.3 is 5.97 Å². The molecule has 1 aliphatic rings. The van der Waals surface area contributed by atoms with E-state index in [1.165, 1.54) is 12.1 Å². The monoisotopic (exact) mass is 209 g/mol. The van der Waals surface area contributed by atoms with Crippen LogP contribution in [0.4, 0.5) is 10.1 Å². The molecule has 0 aromatic heterocycles. The van der Waals surface area contributed by atoms with E-state index in [4.69, 9.17) is 5.11 Å². The Morgan fingerprint density at radius 1 is 1.33 bits per heavy atom. The van der Waals surface area contributed by atoms with Crippen molar-refractivity contribution in [3.63, 3.8) is 0 Å². The molecule has 80 valence electrons. The molecule has 1 saturated heterocycles. The first kappa shape index (κ1) is 9.96. The van der Waals surface area contributed by atoms with Crippen LogP contribution < -0.4 is 4.90 Å². The maximum absolute atomic E-state index is 13.3. The lowest BCUT2D eigenvalue weighted by molar-refractivity contribution is 0.0692. The summed E-state index contributed by atoms with van der Waals surface area (Å²) in [7, 11) is 0. The predicted molar refractivity (Wildman–Crippen MR) is 54.8 cm³/mol. The second-order valence-corrected chi connectivity index (χ2v) is 3.66. The molecule has 1 aromatic carbocycles. The van der Waals surface area contributed by atoms with Crippen LogP contribution in [0.25, 0.3) is 0 Å². The Hall–Kier alpha value is -1.58. The van der Waals surface area contributed by atoms with Gasteiger partial charge < -0.3 is 10.0 Å². The second kappa shape index (κ2) is 3.88. The summed E-state index contributed by atoms with van der Waals surface area (Å²) in [4.78, 5) is 12.7. The molecule has 0 unspecified atom stereocenters. The summed E-state index contributed by atoms with van der Waals surface area (Å²) in [5, 5.41) is 8.67. The molecule has 0 amide bonds. The van der Waals surface area contributed by atoms with E-state index in [2.05, 4.69) is 4.90 Å². The maximum Gasteiger partial charge on any atom is 0.338 e. The van der Waals surface area contributed by atoms with E-state index in [1.807, 2.05) is 0 Å². The van der Waals surface area contributed by atoms with E-state index >= 15 is 0 Å². The van der Waals surface area contributed by atoms with E-state index in [-0.39, 0.29) is 5.56 Å². The fourth-order valence-corrected chi connectivity index (χ4v) is 1.85. The molecule has 1 aliphatic heterocycles. The third-order valence-electron chi connectivity index (χ3n) is 2.65. The molecular formula is C11H12FNO2. The van der Waals surface area contributed by atoms with Crippen LogP contribution in [-0.2, 0) is 0 Å². The summed E-state index contributed by atoms with van der Waals surface area (Å²) < 4.78 is 13.3. The lowest BCUT2D eigenvalue weighted by Crippen LogP contribution is -2.18. The Kier molecular flexibility index (Phi) is 2.58. The normalized spacial score (nSPS) is 15.7. The van der Waals surface area contributed by atoms with Crippen LogP contribution in [0, 0.1) is 5.82 Å². The van der Waals surface area contributed by atoms with Crippen molar-refractivity contribution < 1.29 is 14.3 Å². The van der Waals surface area contributed by atoms with Gasteiger partial charge in [-0.05, 0) is 31.0 Å². The molecule has 0 saturated carbocycles. The van der Waals surface area contributed by atoms with E-state index in [1.54, 1.807) is 6.07 Å². The molecule has 0 atom stereocenters. The first-order chi connectivity index (χ1) is 7.18. The van der Waals surface area contributed by atoms with E-state index in [0.717, 1.165) is 31.6 Å². The number of anilines is 1. The highest BCUT2D eigenvalue weighted by atomic mass is 19.1. The third kappa shape index (κ3) is 1.93. The summed E-state index contributed by atoms with van der Waals surface area (Å²) in [6, 6.07) is 4.29. The van der Waals surface area contributed by atoms with Crippen molar-refractivity contribution in [2.75, 3.05) is 18.0 Å². The Labute approximate surface area is 87.1 Å². The first-order valence-corrected chi connectivity index (χ1v) is 4.96. The van der Waals surface area contributed by atoms with Crippen LogP contribution in [0.3, 0.4) is 0 Å². The van der Waals surface area contributed by atoms with Gasteiger partial charge in [-0.15, -0.1) is 0 Å². The second-order valence-electron chi connectivity index (χ2n) is 3.66. The van der Waals surface area contributed by atoms with Gasteiger partial charge in [0, 0.05) is 18.8 Å². The molecule has 4 heteroatoms. The Bertz CT molecular complexity index is 386. The number of hydrogen-bond donors (Lipinski definition) is 1. The summed E-state index contributed by atoms with van der Waals surface area (Å²) in [6.07, 6.45) is 2.23. The van der Waals surface area contributed by atoms with Crippen molar-refractivity contribution in [2.45, 2.75) is 12.8 Å². The molecule has 1 aromatic rings. The lowest BCUT2D eigenvalue weighted by atomic mass is 10.2. The van der Waals surface area contributed by atoms with Gasteiger partial charge in [0.1, 0.15) is 5.82 Å². The van der Waals surface area contributed by atoms with E-state index in [9.17, 15) is 9.18 Å². The number of aromatic carboxylic acids is 1. The highest BCUT2D eigenvalue weighted by molar-refractivity contribution is 5.88. The summed E-state index contributed by atoms with van der Waals surface area (Å²) in [5.74, 6) is -1.88. The van der Waals surface area contributed by atoms with Gasteiger partial charge in [-0.1, -0.05) is 0 Å². The fraction of sp³-hybridized carbons (Fsp3) is 0.364. The van der Waals surface area contributed by atoms with Gasteiger partial charge in [-0.2, -0.15) is 0 Å². The molecule has 3 nitrogen and oxygen atoms in total. The molecule has 15 heavy (non-hydrogen) atoms. The van der Waals surface area contributed by atoms with Crippen LogP contribution >= 0.6 is 0 Å². The zero-order valence-electron chi connectivity index (χ0n) is 8.24. The molecule has 1 heterocycles. The zero-order chi connectivity index (χ0) is 10.8. The van der Waals surface area contributed by atoms with Gasteiger partial charge in [-0.3, -0.25) is 0 Å². The van der Waals surface area contributed by atoms with Crippen LogP contribution in [0.1, 0.15) is 23.2 Å². The van der Waals surface area contributed by atoms with Crippen molar-refractivity contribution in [1.82, 2.24) is 0 Å². The Balaban J connectivity index is 2.28. The minimum Gasteiger partial charge on any atom is -0.478 e. The molecule has 0 bridgehead atoms. The van der Waals surface area contributed by atoms with Gasteiger partial charge in [0.2, 0.25) is 0 Å². The van der Waals surface area contributed by atoms with E-state index in [0.29, 0.717) is 0 Å². The molecular weight excluding hydrogens is 197 g/mol. The number of nitrogens with zero attached hydrogens (tertiary/aromatic N) is 1. The van der Waals surface area contributed by atoms with Gasteiger partial charge in [0.05, 0.1) is 5.56 Å². The van der Waals surface area contributed by atoms with Gasteiger partial charge in [0.25, 0.3) is 0 Å². The fourth-order valence-electron chi connectivity index (χ4n) is 1.85. The number of rotatable bonds is 2. The number of hydrogen-bond acceptors (Lipinski definition) is 2. The maximum atomic E-state index is 13.3. The van der Waals surface area contributed by atoms with Crippen molar-refractivity contribution >= 4 is 11.7 Å². The molecule has 1 N–H and O–H groups in total. The number of benzene rings is 1. The van der Waals surface area contributed by atoms with Crippen LogP contribution in [-0.4, -0.2) is 24.2 Å². The highest BCUT2D eigenvalue weighted by Gasteiger charge is 2.16. The van der Waals surface area contributed by atoms with Crippen molar-refractivity contribution in [3.8, 4) is 0 Å². The molecule has 0 radical (unpaired) electrons. The highest BCUT2D eigenvalue weighted by Crippen LogP contribution is 2.22. The number of carboxylic acids is 1. The largest absolute Gasteiger partial charge is 0.478 e. The third-order valence-corrected chi connectivity index (χ3v) is 2.65. The minimum absolute atomic E-state index is 0.266. The van der Waals surface area contributed by atoms with Gasteiger partial charge in [0.15, 0.2) is 0 Å². The van der Waals surface area contributed by atoms with Gasteiger partial charge in [-0.25, -0.2) is 9.18 Å². The first-order valence-electron chi connectivity index (χ1n) is 4.96. The Morgan fingerprint density at radius 3 is 2.53 bits per heavy atom. The topological polar surface area (TPSA) is 40.5 Å². The summed E-state index contributed by atoms with van der Waals surface area (Å²) >= 11 is 0. The molecule has 0 aliphatic carbocycles. The quantitative estimate of drug-likeness (QED) is 0.811. The number of carboxylic acid groups (broad SMARTS) is 1. The minimum atomic E-state index is -1.22. The molecule has 2 rings (SSSR count). The van der Waals surface area contributed by atoms with Crippen molar-refractivity contribution in [2.24, 2.45) is 0 Å². The number of halogens is 1.